The van der Waals surface area contributed by atoms with Crippen molar-refractivity contribution in [2.45, 2.75) is 18.1 Å². The minimum Gasteiger partial charge on any atom is -0.342 e. The van der Waals surface area contributed by atoms with E-state index in [9.17, 15) is 9.59 Å². The lowest BCUT2D eigenvalue weighted by atomic mass is 10.2. The summed E-state index contributed by atoms with van der Waals surface area (Å²) in [6.07, 6.45) is 0. The molecule has 0 spiro atoms. The van der Waals surface area contributed by atoms with Crippen molar-refractivity contribution >= 4 is 75.7 Å². The first-order valence-electron chi connectivity index (χ1n) is 9.18. The quantitative estimate of drug-likeness (QED) is 0.303. The number of halogens is 4. The molecule has 0 saturated heterocycles. The van der Waals surface area contributed by atoms with Crippen LogP contribution in [0.5, 0.6) is 0 Å². The highest BCUT2D eigenvalue weighted by Gasteiger charge is 2.19. The number of hydrogen-bond donors (Lipinski definition) is 2. The van der Waals surface area contributed by atoms with Gasteiger partial charge in [-0.2, -0.15) is 0 Å². The topological polar surface area (TPSA) is 88.9 Å². The molecule has 0 saturated carbocycles. The predicted octanol–water partition coefficient (Wildman–Crippen LogP) is 5.65. The summed E-state index contributed by atoms with van der Waals surface area (Å²) >= 11 is 25.0. The fourth-order valence-electron chi connectivity index (χ4n) is 2.71. The van der Waals surface area contributed by atoms with Crippen LogP contribution >= 0.6 is 58.2 Å². The summed E-state index contributed by atoms with van der Waals surface area (Å²) in [5, 5.41) is 15.7. The zero-order chi connectivity index (χ0) is 23.4. The van der Waals surface area contributed by atoms with Crippen molar-refractivity contribution in [1.82, 2.24) is 20.1 Å². The second-order valence-corrected chi connectivity index (χ2v) is 9.29. The predicted molar refractivity (Wildman–Crippen MR) is 129 cm³/mol. The van der Waals surface area contributed by atoms with Gasteiger partial charge in [-0.25, -0.2) is 0 Å². The lowest BCUT2D eigenvalue weighted by molar-refractivity contribution is -0.113. The molecule has 0 aliphatic heterocycles. The standard InChI is InChI=1S/C20H17Cl4N5O2S/c1-10(25-19(31)11-3-5-12(21)6-4-11)18-27-28-20(29(18)2)32-9-17(30)26-16-8-14(23)13(22)7-15(16)24/h3-8,10H,9H2,1-2H3,(H,25,31)(H,26,30)/t10-/m0/s1. The van der Waals surface area contributed by atoms with Crippen molar-refractivity contribution < 1.29 is 9.59 Å². The van der Waals surface area contributed by atoms with Crippen LogP contribution in [-0.4, -0.2) is 32.3 Å². The van der Waals surface area contributed by atoms with Crippen LogP contribution in [0, 0.1) is 0 Å². The molecule has 1 atom stereocenters. The number of hydrogen-bond acceptors (Lipinski definition) is 5. The van der Waals surface area contributed by atoms with Gasteiger partial charge in [-0.3, -0.25) is 9.59 Å². The summed E-state index contributed by atoms with van der Waals surface area (Å²) in [5.41, 5.74) is 0.847. The van der Waals surface area contributed by atoms with Gasteiger partial charge in [-0.1, -0.05) is 58.2 Å². The van der Waals surface area contributed by atoms with Gasteiger partial charge in [-0.05, 0) is 43.3 Å². The van der Waals surface area contributed by atoms with Crippen molar-refractivity contribution in [1.29, 1.82) is 0 Å². The minimum absolute atomic E-state index is 0.0636. The third-order valence-corrected chi connectivity index (χ3v) is 6.63. The van der Waals surface area contributed by atoms with E-state index >= 15 is 0 Å². The van der Waals surface area contributed by atoms with Gasteiger partial charge in [0.2, 0.25) is 5.91 Å². The van der Waals surface area contributed by atoms with E-state index in [2.05, 4.69) is 20.8 Å². The molecule has 32 heavy (non-hydrogen) atoms. The Labute approximate surface area is 208 Å². The van der Waals surface area contributed by atoms with Crippen LogP contribution in [0.15, 0.2) is 41.6 Å². The molecule has 3 aromatic rings. The largest absolute Gasteiger partial charge is 0.342 e. The number of nitrogens with zero attached hydrogens (tertiary/aromatic N) is 3. The fraction of sp³-hybridized carbons (Fsp3) is 0.200. The third-order valence-electron chi connectivity index (χ3n) is 4.33. The van der Waals surface area contributed by atoms with Crippen molar-refractivity contribution in [3.8, 4) is 0 Å². The Bertz CT molecular complexity index is 1150. The summed E-state index contributed by atoms with van der Waals surface area (Å²) in [5.74, 6) is 0.0459. The van der Waals surface area contributed by atoms with Gasteiger partial charge in [0.25, 0.3) is 5.91 Å². The fourth-order valence-corrected chi connectivity index (χ4v) is 4.15. The van der Waals surface area contributed by atoms with Gasteiger partial charge in [0.05, 0.1) is 32.5 Å². The molecule has 0 fully saturated rings. The molecule has 2 aromatic carbocycles. The second-order valence-electron chi connectivity index (χ2n) is 6.68. The highest BCUT2D eigenvalue weighted by Crippen LogP contribution is 2.32. The average Bonchev–Trinajstić information content (AvgIpc) is 3.11. The highest BCUT2D eigenvalue weighted by molar-refractivity contribution is 7.99. The number of benzene rings is 2. The maximum Gasteiger partial charge on any atom is 0.251 e. The van der Waals surface area contributed by atoms with E-state index in [1.807, 2.05) is 0 Å². The number of thioether (sulfide) groups is 1. The molecule has 1 aromatic heterocycles. The van der Waals surface area contributed by atoms with Crippen molar-refractivity contribution in [2.24, 2.45) is 7.05 Å². The summed E-state index contributed by atoms with van der Waals surface area (Å²) in [6, 6.07) is 9.11. The zero-order valence-corrected chi connectivity index (χ0v) is 20.7. The third kappa shape index (κ3) is 6.08. The Balaban J connectivity index is 1.59. The van der Waals surface area contributed by atoms with Crippen LogP contribution in [0.4, 0.5) is 5.69 Å². The maximum atomic E-state index is 12.4. The molecule has 3 rings (SSSR count). The summed E-state index contributed by atoms with van der Waals surface area (Å²) in [7, 11) is 1.76. The van der Waals surface area contributed by atoms with Crippen LogP contribution in [0.3, 0.4) is 0 Å². The Kier molecular flexibility index (Phi) is 8.30. The van der Waals surface area contributed by atoms with E-state index in [-0.39, 0.29) is 27.6 Å². The van der Waals surface area contributed by atoms with Crippen LogP contribution in [0.2, 0.25) is 20.1 Å². The molecule has 2 amide bonds. The number of rotatable bonds is 7. The Morgan fingerprint density at radius 1 is 1.03 bits per heavy atom. The van der Waals surface area contributed by atoms with Gasteiger partial charge in [0.1, 0.15) is 0 Å². The van der Waals surface area contributed by atoms with E-state index < -0.39 is 6.04 Å². The van der Waals surface area contributed by atoms with Gasteiger partial charge in [0, 0.05) is 17.6 Å². The molecule has 168 valence electrons. The van der Waals surface area contributed by atoms with Gasteiger partial charge < -0.3 is 15.2 Å². The molecular formula is C20H17Cl4N5O2S. The molecule has 12 heteroatoms. The smallest absolute Gasteiger partial charge is 0.251 e. The van der Waals surface area contributed by atoms with Crippen LogP contribution in [0.1, 0.15) is 29.1 Å². The number of nitrogens with one attached hydrogen (secondary N) is 2. The van der Waals surface area contributed by atoms with E-state index in [1.54, 1.807) is 42.8 Å². The molecule has 0 unspecified atom stereocenters. The Morgan fingerprint density at radius 3 is 2.38 bits per heavy atom. The number of amides is 2. The van der Waals surface area contributed by atoms with Crippen molar-refractivity contribution in [3.05, 3.63) is 67.9 Å². The molecule has 0 aliphatic rings. The first-order valence-corrected chi connectivity index (χ1v) is 11.7. The van der Waals surface area contributed by atoms with Crippen molar-refractivity contribution in [3.63, 3.8) is 0 Å². The van der Waals surface area contributed by atoms with E-state index in [0.717, 1.165) is 0 Å². The van der Waals surface area contributed by atoms with Crippen molar-refractivity contribution in [2.75, 3.05) is 11.1 Å². The molecule has 0 aliphatic carbocycles. The summed E-state index contributed by atoms with van der Waals surface area (Å²) in [4.78, 5) is 24.7. The minimum atomic E-state index is -0.408. The highest BCUT2D eigenvalue weighted by atomic mass is 35.5. The normalized spacial score (nSPS) is 11.8. The summed E-state index contributed by atoms with van der Waals surface area (Å²) in [6.45, 7) is 1.80. The first-order chi connectivity index (χ1) is 15.2. The molecule has 7 nitrogen and oxygen atoms in total. The number of aromatic nitrogens is 3. The van der Waals surface area contributed by atoms with Gasteiger partial charge in [-0.15, -0.1) is 10.2 Å². The number of carbonyl (C=O) groups excluding carboxylic acids is 2. The molecule has 1 heterocycles. The van der Waals surface area contributed by atoms with Crippen LogP contribution < -0.4 is 10.6 Å². The lowest BCUT2D eigenvalue weighted by Crippen LogP contribution is -2.28. The maximum absolute atomic E-state index is 12.4. The zero-order valence-electron chi connectivity index (χ0n) is 16.8. The monoisotopic (exact) mass is 531 g/mol. The van der Waals surface area contributed by atoms with Gasteiger partial charge >= 0.3 is 0 Å². The number of anilines is 1. The molecule has 0 radical (unpaired) electrons. The van der Waals surface area contributed by atoms with E-state index in [1.165, 1.54) is 23.9 Å². The van der Waals surface area contributed by atoms with Gasteiger partial charge in [0.15, 0.2) is 11.0 Å². The number of carbonyl (C=O) groups is 2. The summed E-state index contributed by atoms with van der Waals surface area (Å²) < 4.78 is 1.72. The lowest BCUT2D eigenvalue weighted by Gasteiger charge is -2.13. The van der Waals surface area contributed by atoms with Crippen LogP contribution in [0.25, 0.3) is 0 Å². The van der Waals surface area contributed by atoms with Crippen LogP contribution in [-0.2, 0) is 11.8 Å². The second kappa shape index (κ2) is 10.8. The average molecular weight is 533 g/mol. The van der Waals surface area contributed by atoms with E-state index in [4.69, 9.17) is 46.4 Å². The molecule has 2 N–H and O–H groups in total. The Morgan fingerprint density at radius 2 is 1.69 bits per heavy atom. The first kappa shape index (κ1) is 24.7. The van der Waals surface area contributed by atoms with E-state index in [0.29, 0.717) is 32.3 Å². The molecule has 0 bridgehead atoms. The Hall–Kier alpha value is -1.97. The molecular weight excluding hydrogens is 516 g/mol. The SMILES string of the molecule is C[C@H](NC(=O)c1ccc(Cl)cc1)c1nnc(SCC(=O)Nc2cc(Cl)c(Cl)cc2Cl)n1C.